The Bertz CT molecular complexity index is 650. The number of hydrogen-bond acceptors (Lipinski definition) is 4. The molecule has 0 bridgehead atoms. The number of carbonyl (C=O) groups is 1. The van der Waals surface area contributed by atoms with E-state index < -0.39 is 0 Å². The van der Waals surface area contributed by atoms with Crippen LogP contribution < -0.4 is 5.32 Å². The molecule has 1 N–H and O–H groups in total. The summed E-state index contributed by atoms with van der Waals surface area (Å²) in [5.74, 6) is 1.24. The predicted octanol–water partition coefficient (Wildman–Crippen LogP) is 2.27. The standard InChI is InChI=1S/C15H21N5OS/c1-11-5-6-13(22-11)8-16-15(21)20-7-3-4-12(9-20)14-18-17-10-19(14)2/h5-6,10,12H,3-4,7-9H2,1-2H3,(H,16,21)/t12-/m1/s1. The zero-order chi connectivity index (χ0) is 15.5. The first kappa shape index (κ1) is 15.0. The molecule has 6 nitrogen and oxygen atoms in total. The molecule has 2 aromatic rings. The number of urea groups is 1. The smallest absolute Gasteiger partial charge is 0.317 e. The highest BCUT2D eigenvalue weighted by atomic mass is 32.1. The average Bonchev–Trinajstić information content (AvgIpc) is 3.13. The van der Waals surface area contributed by atoms with Gasteiger partial charge in [-0.15, -0.1) is 21.5 Å². The van der Waals surface area contributed by atoms with Crippen LogP contribution in [0.25, 0.3) is 0 Å². The van der Waals surface area contributed by atoms with E-state index in [0.29, 0.717) is 13.1 Å². The molecule has 118 valence electrons. The van der Waals surface area contributed by atoms with Crippen LogP contribution in [-0.4, -0.2) is 38.8 Å². The Balaban J connectivity index is 1.57. The summed E-state index contributed by atoms with van der Waals surface area (Å²) in [5.41, 5.74) is 0. The van der Waals surface area contributed by atoms with Gasteiger partial charge in [-0.25, -0.2) is 4.79 Å². The summed E-state index contributed by atoms with van der Waals surface area (Å²) in [6, 6.07) is 4.16. The number of carbonyl (C=O) groups excluding carboxylic acids is 1. The zero-order valence-corrected chi connectivity index (χ0v) is 13.8. The van der Waals surface area contributed by atoms with Gasteiger partial charge in [-0.05, 0) is 31.9 Å². The minimum atomic E-state index is 0.0120. The summed E-state index contributed by atoms with van der Waals surface area (Å²) >= 11 is 1.72. The minimum Gasteiger partial charge on any atom is -0.333 e. The lowest BCUT2D eigenvalue weighted by molar-refractivity contribution is 0.177. The van der Waals surface area contributed by atoms with Gasteiger partial charge in [-0.3, -0.25) is 0 Å². The van der Waals surface area contributed by atoms with E-state index in [1.54, 1.807) is 17.7 Å². The number of aryl methyl sites for hydroxylation is 2. The fourth-order valence-electron chi connectivity index (χ4n) is 2.89. The molecule has 0 spiro atoms. The molecule has 3 heterocycles. The molecule has 0 aromatic carbocycles. The Kier molecular flexibility index (Phi) is 4.42. The van der Waals surface area contributed by atoms with Gasteiger partial charge < -0.3 is 14.8 Å². The number of hydrogen-bond donors (Lipinski definition) is 1. The Hall–Kier alpha value is -1.89. The molecule has 0 unspecified atom stereocenters. The van der Waals surface area contributed by atoms with Gasteiger partial charge in [-0.2, -0.15) is 0 Å². The number of rotatable bonds is 3. The van der Waals surface area contributed by atoms with E-state index in [1.807, 2.05) is 16.5 Å². The fourth-order valence-corrected chi connectivity index (χ4v) is 3.72. The highest BCUT2D eigenvalue weighted by molar-refractivity contribution is 7.11. The van der Waals surface area contributed by atoms with Gasteiger partial charge >= 0.3 is 6.03 Å². The molecule has 1 atom stereocenters. The lowest BCUT2D eigenvalue weighted by Gasteiger charge is -2.32. The molecule has 2 aromatic heterocycles. The topological polar surface area (TPSA) is 63.1 Å². The second-order valence-electron chi connectivity index (χ2n) is 5.76. The third-order valence-electron chi connectivity index (χ3n) is 4.03. The molecule has 0 aliphatic carbocycles. The Morgan fingerprint density at radius 2 is 2.36 bits per heavy atom. The van der Waals surface area contributed by atoms with E-state index in [-0.39, 0.29) is 11.9 Å². The Labute approximate surface area is 134 Å². The molecule has 0 saturated carbocycles. The molecule has 1 saturated heterocycles. The van der Waals surface area contributed by atoms with Crippen molar-refractivity contribution in [3.63, 3.8) is 0 Å². The number of thiophene rings is 1. The van der Waals surface area contributed by atoms with E-state index in [9.17, 15) is 4.79 Å². The lowest BCUT2D eigenvalue weighted by Crippen LogP contribution is -2.45. The minimum absolute atomic E-state index is 0.0120. The highest BCUT2D eigenvalue weighted by Crippen LogP contribution is 2.25. The summed E-state index contributed by atoms with van der Waals surface area (Å²) in [6.07, 6.45) is 3.77. The molecule has 3 rings (SSSR count). The first-order valence-electron chi connectivity index (χ1n) is 7.55. The number of aromatic nitrogens is 3. The van der Waals surface area contributed by atoms with Gasteiger partial charge in [0.2, 0.25) is 0 Å². The maximum absolute atomic E-state index is 12.4. The van der Waals surface area contributed by atoms with Crippen LogP contribution in [0.4, 0.5) is 4.79 Å². The third-order valence-corrected chi connectivity index (χ3v) is 5.03. The molecular formula is C15H21N5OS. The second-order valence-corrected chi connectivity index (χ2v) is 7.13. The van der Waals surface area contributed by atoms with E-state index in [1.165, 1.54) is 9.75 Å². The van der Waals surface area contributed by atoms with Crippen molar-refractivity contribution < 1.29 is 4.79 Å². The van der Waals surface area contributed by atoms with E-state index in [2.05, 4.69) is 34.6 Å². The monoisotopic (exact) mass is 319 g/mol. The van der Waals surface area contributed by atoms with Crippen LogP contribution >= 0.6 is 11.3 Å². The van der Waals surface area contributed by atoms with Crippen LogP contribution in [-0.2, 0) is 13.6 Å². The third kappa shape index (κ3) is 3.30. The van der Waals surface area contributed by atoms with E-state index in [0.717, 1.165) is 25.2 Å². The van der Waals surface area contributed by atoms with Crippen molar-refractivity contribution in [3.05, 3.63) is 34.0 Å². The first-order valence-corrected chi connectivity index (χ1v) is 8.37. The molecule has 2 amide bonds. The van der Waals surface area contributed by atoms with Crippen LogP contribution in [0.2, 0.25) is 0 Å². The number of likely N-dealkylation sites (tertiary alicyclic amines) is 1. The maximum Gasteiger partial charge on any atom is 0.317 e. The molecule has 0 radical (unpaired) electrons. The van der Waals surface area contributed by atoms with Gasteiger partial charge in [0.25, 0.3) is 0 Å². The molecule has 1 aliphatic rings. The molecule has 1 fully saturated rings. The quantitative estimate of drug-likeness (QED) is 0.944. The Morgan fingerprint density at radius 1 is 1.50 bits per heavy atom. The summed E-state index contributed by atoms with van der Waals surface area (Å²) in [5, 5.41) is 11.1. The first-order chi connectivity index (χ1) is 10.6. The van der Waals surface area contributed by atoms with Crippen molar-refractivity contribution >= 4 is 17.4 Å². The summed E-state index contributed by atoms with van der Waals surface area (Å²) in [6.45, 7) is 4.19. The zero-order valence-electron chi connectivity index (χ0n) is 13.0. The number of nitrogens with zero attached hydrogens (tertiary/aromatic N) is 4. The average molecular weight is 319 g/mol. The number of amides is 2. The SMILES string of the molecule is Cc1ccc(CNC(=O)N2CCC[C@@H](c3nncn3C)C2)s1. The van der Waals surface area contributed by atoms with Gasteiger partial charge in [-0.1, -0.05) is 0 Å². The number of nitrogens with one attached hydrogen (secondary N) is 1. The fraction of sp³-hybridized carbons (Fsp3) is 0.533. The second kappa shape index (κ2) is 6.48. The van der Waals surface area contributed by atoms with Gasteiger partial charge in [0.1, 0.15) is 12.2 Å². The van der Waals surface area contributed by atoms with Crippen molar-refractivity contribution in [2.24, 2.45) is 7.05 Å². The highest BCUT2D eigenvalue weighted by Gasteiger charge is 2.27. The van der Waals surface area contributed by atoms with E-state index >= 15 is 0 Å². The van der Waals surface area contributed by atoms with Crippen molar-refractivity contribution in [1.82, 2.24) is 25.0 Å². The summed E-state index contributed by atoms with van der Waals surface area (Å²) < 4.78 is 1.94. The van der Waals surface area contributed by atoms with Crippen LogP contribution in [0.5, 0.6) is 0 Å². The van der Waals surface area contributed by atoms with Crippen LogP contribution in [0.3, 0.4) is 0 Å². The van der Waals surface area contributed by atoms with Crippen LogP contribution in [0.1, 0.15) is 34.3 Å². The Morgan fingerprint density at radius 3 is 3.05 bits per heavy atom. The van der Waals surface area contributed by atoms with Gasteiger partial charge in [0, 0.05) is 35.8 Å². The van der Waals surface area contributed by atoms with Crippen LogP contribution in [0, 0.1) is 6.92 Å². The predicted molar refractivity (Wildman–Crippen MR) is 85.8 cm³/mol. The molecule has 7 heteroatoms. The van der Waals surface area contributed by atoms with Gasteiger partial charge in [0.05, 0.1) is 6.54 Å². The van der Waals surface area contributed by atoms with Crippen molar-refractivity contribution in [2.45, 2.75) is 32.2 Å². The lowest BCUT2D eigenvalue weighted by atomic mass is 9.97. The molecule has 1 aliphatic heterocycles. The van der Waals surface area contributed by atoms with Crippen molar-refractivity contribution in [3.8, 4) is 0 Å². The van der Waals surface area contributed by atoms with Crippen molar-refractivity contribution in [2.75, 3.05) is 13.1 Å². The summed E-state index contributed by atoms with van der Waals surface area (Å²) in [7, 11) is 1.95. The molecule has 22 heavy (non-hydrogen) atoms. The van der Waals surface area contributed by atoms with E-state index in [4.69, 9.17) is 0 Å². The largest absolute Gasteiger partial charge is 0.333 e. The van der Waals surface area contributed by atoms with Crippen LogP contribution in [0.15, 0.2) is 18.5 Å². The summed E-state index contributed by atoms with van der Waals surface area (Å²) in [4.78, 5) is 16.7. The normalized spacial score (nSPS) is 18.5. The molecular weight excluding hydrogens is 298 g/mol. The van der Waals surface area contributed by atoms with Gasteiger partial charge in [0.15, 0.2) is 0 Å². The van der Waals surface area contributed by atoms with Crippen molar-refractivity contribution in [1.29, 1.82) is 0 Å². The number of piperidine rings is 1. The maximum atomic E-state index is 12.4.